The van der Waals surface area contributed by atoms with Crippen LogP contribution < -0.4 is 10.6 Å². The molecule has 1 amide bonds. The topological polar surface area (TPSA) is 113 Å². The Balaban J connectivity index is 1.16. The van der Waals surface area contributed by atoms with E-state index in [0.29, 0.717) is 11.7 Å². The number of amides is 1. The van der Waals surface area contributed by atoms with E-state index in [1.54, 1.807) is 12.3 Å². The lowest BCUT2D eigenvalue weighted by atomic mass is 9.79. The number of aromatic nitrogens is 6. The molecule has 0 bridgehead atoms. The van der Waals surface area contributed by atoms with Crippen molar-refractivity contribution in [1.29, 1.82) is 0 Å². The summed E-state index contributed by atoms with van der Waals surface area (Å²) in [5, 5.41) is 17.5. The molecule has 0 spiro atoms. The van der Waals surface area contributed by atoms with Crippen LogP contribution in [0.15, 0.2) is 48.9 Å². The number of anilines is 2. The Bertz CT molecular complexity index is 1370. The molecule has 0 saturated heterocycles. The Kier molecular flexibility index (Phi) is 6.98. The van der Waals surface area contributed by atoms with Crippen LogP contribution in [-0.2, 0) is 4.79 Å². The van der Waals surface area contributed by atoms with E-state index in [1.807, 2.05) is 32.0 Å². The Hall–Kier alpha value is -4.08. The molecule has 5 rings (SSSR count). The number of hydrogen-bond donors (Lipinski definition) is 3. The maximum atomic E-state index is 13.2. The van der Waals surface area contributed by atoms with E-state index in [-0.39, 0.29) is 17.9 Å². The number of carbonyl (C=O) groups excluding carboxylic acids is 1. The van der Waals surface area contributed by atoms with E-state index in [4.69, 9.17) is 4.98 Å². The van der Waals surface area contributed by atoms with E-state index in [1.165, 1.54) is 10.9 Å². The van der Waals surface area contributed by atoms with Crippen molar-refractivity contribution in [2.45, 2.75) is 58.4 Å². The Morgan fingerprint density at radius 1 is 1.11 bits per heavy atom. The second kappa shape index (κ2) is 10.5. The highest BCUT2D eigenvalue weighted by Crippen LogP contribution is 2.36. The first-order valence-corrected chi connectivity index (χ1v) is 12.6. The van der Waals surface area contributed by atoms with E-state index in [9.17, 15) is 9.18 Å². The zero-order valence-electron chi connectivity index (χ0n) is 21.2. The summed E-state index contributed by atoms with van der Waals surface area (Å²) in [6, 6.07) is 9.56. The van der Waals surface area contributed by atoms with E-state index in [2.05, 4.69) is 43.9 Å². The largest absolute Gasteiger partial charge is 0.349 e. The number of rotatable bonds is 7. The fourth-order valence-electron chi connectivity index (χ4n) is 4.86. The zero-order valence-corrected chi connectivity index (χ0v) is 21.2. The van der Waals surface area contributed by atoms with Crippen LogP contribution in [0.4, 0.5) is 16.0 Å². The van der Waals surface area contributed by atoms with Gasteiger partial charge in [0.25, 0.3) is 0 Å². The highest BCUT2D eigenvalue weighted by atomic mass is 19.1. The molecule has 4 aromatic rings. The van der Waals surface area contributed by atoms with Crippen molar-refractivity contribution in [2.24, 2.45) is 5.92 Å². The number of nitrogens with one attached hydrogen (secondary N) is 3. The lowest BCUT2D eigenvalue weighted by Crippen LogP contribution is -2.34. The number of aryl methyl sites for hydroxylation is 2. The summed E-state index contributed by atoms with van der Waals surface area (Å²) in [6.45, 7) is 5.97. The number of H-pyrrole nitrogens is 1. The van der Waals surface area contributed by atoms with Crippen molar-refractivity contribution in [1.82, 2.24) is 35.3 Å². The molecule has 3 N–H and O–H groups in total. The summed E-state index contributed by atoms with van der Waals surface area (Å²) in [5.74, 6) is 2.01. The molecule has 1 aliphatic rings. The van der Waals surface area contributed by atoms with Gasteiger partial charge in [-0.25, -0.2) is 19.0 Å². The van der Waals surface area contributed by atoms with Crippen molar-refractivity contribution >= 4 is 17.5 Å². The van der Waals surface area contributed by atoms with Crippen LogP contribution in [0, 0.1) is 25.6 Å². The maximum Gasteiger partial charge on any atom is 0.223 e. The van der Waals surface area contributed by atoms with E-state index >= 15 is 0 Å². The number of nitrogens with zero attached hydrogens (tertiary/aromatic N) is 5. The summed E-state index contributed by atoms with van der Waals surface area (Å²) >= 11 is 0. The number of halogens is 1. The van der Waals surface area contributed by atoms with Gasteiger partial charge in [0.2, 0.25) is 5.91 Å². The quantitative estimate of drug-likeness (QED) is 0.326. The fourth-order valence-corrected chi connectivity index (χ4v) is 4.86. The van der Waals surface area contributed by atoms with Gasteiger partial charge in [0, 0.05) is 35.5 Å². The highest BCUT2D eigenvalue weighted by molar-refractivity contribution is 5.79. The van der Waals surface area contributed by atoms with Gasteiger partial charge < -0.3 is 10.6 Å². The third kappa shape index (κ3) is 5.84. The first-order valence-electron chi connectivity index (χ1n) is 12.6. The lowest BCUT2D eigenvalue weighted by Gasteiger charge is -2.29. The molecule has 1 atom stereocenters. The Morgan fingerprint density at radius 2 is 1.92 bits per heavy atom. The Labute approximate surface area is 214 Å². The summed E-state index contributed by atoms with van der Waals surface area (Å²) in [7, 11) is 0. The minimum atomic E-state index is -0.416. The molecule has 0 unspecified atom stereocenters. The number of aromatic amines is 1. The Morgan fingerprint density at radius 3 is 2.57 bits per heavy atom. The minimum absolute atomic E-state index is 0.0209. The monoisotopic (exact) mass is 502 g/mol. The lowest BCUT2D eigenvalue weighted by molar-refractivity contribution is -0.126. The first-order chi connectivity index (χ1) is 17.8. The molecule has 4 heterocycles. The molecule has 10 heteroatoms. The van der Waals surface area contributed by atoms with Crippen molar-refractivity contribution < 1.29 is 9.18 Å². The van der Waals surface area contributed by atoms with Crippen molar-refractivity contribution in [3.8, 4) is 5.82 Å². The van der Waals surface area contributed by atoms with Gasteiger partial charge in [0.15, 0.2) is 17.5 Å². The normalized spacial score (nSPS) is 18.4. The average Bonchev–Trinajstić information content (AvgIpc) is 3.51. The van der Waals surface area contributed by atoms with E-state index in [0.717, 1.165) is 66.0 Å². The number of carbonyl (C=O) groups is 1. The molecule has 192 valence electrons. The number of pyridine rings is 2. The molecule has 1 saturated carbocycles. The molecule has 1 aliphatic carbocycles. The molecular formula is C27H31FN8O. The van der Waals surface area contributed by atoms with Crippen LogP contribution in [-0.4, -0.2) is 35.9 Å². The summed E-state index contributed by atoms with van der Waals surface area (Å²) in [5.41, 5.74) is 4.07. The maximum absolute atomic E-state index is 13.2. The van der Waals surface area contributed by atoms with Gasteiger partial charge in [-0.3, -0.25) is 9.89 Å². The molecule has 4 aromatic heterocycles. The van der Waals surface area contributed by atoms with Crippen LogP contribution in [0.25, 0.3) is 5.82 Å². The van der Waals surface area contributed by atoms with E-state index < -0.39 is 5.82 Å². The summed E-state index contributed by atoms with van der Waals surface area (Å²) in [6.07, 6.45) is 7.58. The van der Waals surface area contributed by atoms with Crippen LogP contribution >= 0.6 is 0 Å². The molecule has 0 aromatic carbocycles. The predicted octanol–water partition coefficient (Wildman–Crippen LogP) is 5.04. The highest BCUT2D eigenvalue weighted by Gasteiger charge is 2.29. The summed E-state index contributed by atoms with van der Waals surface area (Å²) < 4.78 is 14.6. The predicted molar refractivity (Wildman–Crippen MR) is 138 cm³/mol. The molecular weight excluding hydrogens is 471 g/mol. The van der Waals surface area contributed by atoms with Crippen molar-refractivity contribution in [3.05, 3.63) is 77.3 Å². The second-order valence-electron chi connectivity index (χ2n) is 9.85. The van der Waals surface area contributed by atoms with Crippen LogP contribution in [0.1, 0.15) is 67.1 Å². The van der Waals surface area contributed by atoms with Crippen LogP contribution in [0.3, 0.4) is 0 Å². The standard InChI is InChI=1S/C27H31FN8O/c1-16-10-23(32-24(11-16)33-25-12-17(2)34-35-25)19-4-6-20(7-5-19)27(37)31-18(3)21-8-9-26(29-13-21)36-15-22(28)14-30-36/h8-15,18-20H,4-7H2,1-3H3,(H,31,37)(H2,32,33,34,35)/t18-,19?,20?/m1/s1. The number of hydrogen-bond acceptors (Lipinski definition) is 6. The minimum Gasteiger partial charge on any atom is -0.349 e. The average molecular weight is 503 g/mol. The van der Waals surface area contributed by atoms with Crippen molar-refractivity contribution in [2.75, 3.05) is 5.32 Å². The van der Waals surface area contributed by atoms with Gasteiger partial charge in [0.05, 0.1) is 18.4 Å². The summed E-state index contributed by atoms with van der Waals surface area (Å²) in [4.78, 5) is 22.2. The SMILES string of the molecule is Cc1cc(Nc2cc(C)[nH]n2)nc(C2CCC(C(=O)N[C@H](C)c3ccc(-n4cc(F)cn4)nc3)CC2)c1. The van der Waals surface area contributed by atoms with Gasteiger partial charge >= 0.3 is 0 Å². The van der Waals surface area contributed by atoms with Crippen LogP contribution in [0.2, 0.25) is 0 Å². The van der Waals surface area contributed by atoms with Gasteiger partial charge in [-0.2, -0.15) is 10.2 Å². The van der Waals surface area contributed by atoms with Gasteiger partial charge in [-0.1, -0.05) is 6.07 Å². The third-order valence-electron chi connectivity index (χ3n) is 6.88. The van der Waals surface area contributed by atoms with Gasteiger partial charge in [-0.05, 0) is 75.8 Å². The second-order valence-corrected chi connectivity index (χ2v) is 9.85. The zero-order chi connectivity index (χ0) is 25.9. The molecule has 37 heavy (non-hydrogen) atoms. The van der Waals surface area contributed by atoms with Gasteiger partial charge in [0.1, 0.15) is 5.82 Å². The molecule has 0 radical (unpaired) electrons. The third-order valence-corrected chi connectivity index (χ3v) is 6.88. The van der Waals surface area contributed by atoms with Crippen molar-refractivity contribution in [3.63, 3.8) is 0 Å². The fraction of sp³-hybridized carbons (Fsp3) is 0.370. The van der Waals surface area contributed by atoms with Crippen LogP contribution in [0.5, 0.6) is 0 Å². The first kappa shape index (κ1) is 24.6. The van der Waals surface area contributed by atoms with Gasteiger partial charge in [-0.15, -0.1) is 0 Å². The molecule has 1 fully saturated rings. The smallest absolute Gasteiger partial charge is 0.223 e. The molecule has 0 aliphatic heterocycles. The molecule has 9 nitrogen and oxygen atoms in total.